The van der Waals surface area contributed by atoms with Crippen molar-refractivity contribution < 1.29 is 46.8 Å². The third-order valence-corrected chi connectivity index (χ3v) is 22.2. The molecule has 440 valence electrons. The zero-order valence-corrected chi connectivity index (χ0v) is 51.1. The minimum absolute atomic E-state index is 0.00976. The molecule has 2 aliphatic heterocycles. The number of methoxy groups -OCH3 is 1. The summed E-state index contributed by atoms with van der Waals surface area (Å²) in [5.74, 6) is -0.322. The number of halogens is 1. The van der Waals surface area contributed by atoms with Gasteiger partial charge in [0.25, 0.3) is 0 Å². The van der Waals surface area contributed by atoms with Crippen LogP contribution in [0, 0.1) is 11.7 Å². The summed E-state index contributed by atoms with van der Waals surface area (Å²) < 4.78 is 61.4. The first-order valence-corrected chi connectivity index (χ1v) is 33.2. The Bertz CT molecular complexity index is 3410. The minimum atomic E-state index is -2.36. The number of rotatable bonds is 25. The molecule has 8 aromatic carbocycles. The normalized spacial score (nSPS) is 20.1. The molecule has 8 aromatic rings. The van der Waals surface area contributed by atoms with Crippen LogP contribution in [0.1, 0.15) is 79.1 Å². The SMILES string of the molecule is COC(=O)C1O[C@@H](CSc2cc(-c3cccc(OCc4ccccc4)c3)ccc2[C@@H]2[C@@H](CC[C@@H](O[Si](C)(C)C(C)(C)C)c3ccc(F)cc3)C(=O)N2c2ccccc2)C(OCc2ccccc2)[C@@H](OCc2ccccc2)[C@H]1OCc1ccccc1. The second-order valence-electron chi connectivity index (χ2n) is 23.4. The van der Waals surface area contributed by atoms with Gasteiger partial charge in [0.1, 0.15) is 36.5 Å². The van der Waals surface area contributed by atoms with E-state index in [0.29, 0.717) is 25.2 Å². The van der Waals surface area contributed by atoms with Gasteiger partial charge >= 0.3 is 5.97 Å². The second-order valence-corrected chi connectivity index (χ2v) is 29.2. The lowest BCUT2D eigenvalue weighted by Gasteiger charge is -2.49. The molecule has 0 N–H and O–H groups in total. The van der Waals surface area contributed by atoms with E-state index in [-0.39, 0.29) is 42.7 Å². The third-order valence-electron chi connectivity index (χ3n) is 16.5. The number of ether oxygens (including phenoxy) is 6. The van der Waals surface area contributed by atoms with Crippen LogP contribution in [0.25, 0.3) is 11.1 Å². The van der Waals surface area contributed by atoms with E-state index in [1.165, 1.54) is 19.2 Å². The van der Waals surface area contributed by atoms with Crippen molar-refractivity contribution in [3.05, 3.63) is 258 Å². The molecular weight excluding hydrogens is 1100 g/mol. The van der Waals surface area contributed by atoms with E-state index in [4.69, 9.17) is 32.8 Å². The Balaban J connectivity index is 1.05. The zero-order valence-electron chi connectivity index (χ0n) is 49.3. The van der Waals surface area contributed by atoms with E-state index in [2.05, 4.69) is 64.2 Å². The number of nitrogens with zero attached hydrogens (tertiary/aromatic N) is 1. The number of carbonyl (C=O) groups is 2. The molecule has 2 unspecified atom stereocenters. The predicted molar refractivity (Wildman–Crippen MR) is 336 cm³/mol. The van der Waals surface area contributed by atoms with E-state index in [9.17, 15) is 9.18 Å². The molecule has 0 aromatic heterocycles. The first-order valence-electron chi connectivity index (χ1n) is 29.3. The highest BCUT2D eigenvalue weighted by atomic mass is 32.2. The van der Waals surface area contributed by atoms with Crippen LogP contribution in [0.5, 0.6) is 5.75 Å². The van der Waals surface area contributed by atoms with Gasteiger partial charge in [0.05, 0.1) is 51.1 Å². The molecule has 0 aliphatic carbocycles. The van der Waals surface area contributed by atoms with Gasteiger partial charge in [-0.15, -0.1) is 11.8 Å². The lowest BCUT2D eigenvalue weighted by molar-refractivity contribution is -0.261. The number of amides is 1. The maximum Gasteiger partial charge on any atom is 0.337 e. The molecule has 1 amide bonds. The minimum Gasteiger partial charge on any atom is -0.489 e. The molecule has 10 nitrogen and oxygen atoms in total. The van der Waals surface area contributed by atoms with Gasteiger partial charge in [-0.25, -0.2) is 9.18 Å². The van der Waals surface area contributed by atoms with Gasteiger partial charge in [0.2, 0.25) is 5.91 Å². The quantitative estimate of drug-likeness (QED) is 0.0238. The van der Waals surface area contributed by atoms with Crippen molar-refractivity contribution in [3.63, 3.8) is 0 Å². The number of thioether (sulfide) groups is 1. The topological polar surface area (TPSA) is 102 Å². The Hall–Kier alpha value is -7.20. The Morgan fingerprint density at radius 3 is 1.72 bits per heavy atom. The maximum absolute atomic E-state index is 15.0. The molecule has 2 aliphatic rings. The second kappa shape index (κ2) is 28.3. The van der Waals surface area contributed by atoms with Crippen LogP contribution in [0.15, 0.2) is 223 Å². The smallest absolute Gasteiger partial charge is 0.337 e. The van der Waals surface area contributed by atoms with Gasteiger partial charge in [-0.3, -0.25) is 4.79 Å². The summed E-state index contributed by atoms with van der Waals surface area (Å²) in [6, 6.07) is 70.4. The van der Waals surface area contributed by atoms with Crippen molar-refractivity contribution in [1.82, 2.24) is 0 Å². The number of hydrogen-bond acceptors (Lipinski definition) is 10. The maximum atomic E-state index is 15.0. The van der Waals surface area contributed by atoms with Crippen molar-refractivity contribution in [2.24, 2.45) is 5.92 Å². The average Bonchev–Trinajstić information content (AvgIpc) is 1.30. The lowest BCUT2D eigenvalue weighted by Crippen LogP contribution is -2.62. The van der Waals surface area contributed by atoms with Gasteiger partial charge in [-0.05, 0) is 118 Å². The summed E-state index contributed by atoms with van der Waals surface area (Å²) in [5, 5.41) is -0.0970. The Labute approximate surface area is 505 Å². The Morgan fingerprint density at radius 1 is 0.624 bits per heavy atom. The molecular formula is C72H76FNO9SSi. The molecule has 13 heteroatoms. The van der Waals surface area contributed by atoms with Crippen molar-refractivity contribution in [1.29, 1.82) is 0 Å². The highest BCUT2D eigenvalue weighted by molar-refractivity contribution is 7.99. The van der Waals surface area contributed by atoms with Crippen LogP contribution in [-0.4, -0.2) is 63.6 Å². The molecule has 2 heterocycles. The number of carbonyl (C=O) groups excluding carboxylic acids is 2. The highest BCUT2D eigenvalue weighted by Gasteiger charge is 2.53. The average molecular weight is 1180 g/mol. The first kappa shape index (κ1) is 60.9. The van der Waals surface area contributed by atoms with Gasteiger partial charge < -0.3 is 37.7 Å². The molecule has 0 radical (unpaired) electrons. The molecule has 85 heavy (non-hydrogen) atoms. The van der Waals surface area contributed by atoms with Crippen LogP contribution >= 0.6 is 11.8 Å². The number of anilines is 1. The standard InChI is InChI=1S/C72H76FNO9SSi/c1-72(2,3)85(5,6)83-62(54-35-38-57(73)39-36-54)42-41-61-65(74(70(61)75)58-32-20-11-21-33-58)60-40-37-56(55-31-22-34-59(43-55)78-45-50-23-12-7-13-24-50)44-64(60)84-49-63-66(79-46-51-25-14-8-15-26-51)67(80-47-52-27-16-9-17-28-52)68(69(82-63)71(76)77-4)81-48-53-29-18-10-19-30-53/h7-40,43-44,61-63,65-69H,41-42,45-49H2,1-6H3/t61-,62-,63+,65-,66?,67-,68-,69?/m1/s1. The zero-order chi connectivity index (χ0) is 59.3. The summed E-state index contributed by atoms with van der Waals surface area (Å²) in [6.07, 6.45) is -3.79. The highest BCUT2D eigenvalue weighted by Crippen LogP contribution is 2.51. The van der Waals surface area contributed by atoms with E-state index >= 15 is 4.79 Å². The van der Waals surface area contributed by atoms with Gasteiger partial charge in [-0.2, -0.15) is 0 Å². The molecule has 2 fully saturated rings. The molecule has 10 rings (SSSR count). The number of β-lactam (4-membered cyclic amide) rings is 1. The first-order chi connectivity index (χ1) is 41.2. The van der Waals surface area contributed by atoms with Crippen LogP contribution in [0.4, 0.5) is 10.1 Å². The van der Waals surface area contributed by atoms with Crippen molar-refractivity contribution >= 4 is 37.6 Å². The van der Waals surface area contributed by atoms with Crippen molar-refractivity contribution in [2.45, 2.75) is 126 Å². The summed E-state index contributed by atoms with van der Waals surface area (Å²) in [4.78, 5) is 32.1. The van der Waals surface area contributed by atoms with Crippen molar-refractivity contribution in [3.8, 4) is 16.9 Å². The van der Waals surface area contributed by atoms with Crippen LogP contribution < -0.4 is 9.64 Å². The fourth-order valence-electron chi connectivity index (χ4n) is 10.9. The van der Waals surface area contributed by atoms with Gasteiger partial charge in [0.15, 0.2) is 14.4 Å². The van der Waals surface area contributed by atoms with Gasteiger partial charge in [0, 0.05) is 16.3 Å². The van der Waals surface area contributed by atoms with Crippen LogP contribution in [0.3, 0.4) is 0 Å². The van der Waals surface area contributed by atoms with E-state index < -0.39 is 56.8 Å². The lowest BCUT2D eigenvalue weighted by atomic mass is 9.78. The fourth-order valence-corrected chi connectivity index (χ4v) is 13.4. The molecule has 8 atom stereocenters. The number of para-hydroxylation sites is 1. The van der Waals surface area contributed by atoms with Crippen LogP contribution in [0.2, 0.25) is 18.1 Å². The number of benzene rings is 8. The van der Waals surface area contributed by atoms with Gasteiger partial charge in [-0.1, -0.05) is 197 Å². The summed E-state index contributed by atoms with van der Waals surface area (Å²) in [5.41, 5.74) is 8.38. The fraction of sp³-hybridized carbons (Fsp3) is 0.306. The Morgan fingerprint density at radius 2 is 1.15 bits per heavy atom. The predicted octanol–water partition coefficient (Wildman–Crippen LogP) is 16.1. The van der Waals surface area contributed by atoms with Crippen LogP contribution in [-0.2, 0) is 64.1 Å². The monoisotopic (exact) mass is 1180 g/mol. The summed E-state index contributed by atoms with van der Waals surface area (Å²) in [6.45, 7) is 12.1. The van der Waals surface area contributed by atoms with Crippen molar-refractivity contribution in [2.75, 3.05) is 17.8 Å². The number of hydrogen-bond donors (Lipinski definition) is 0. The molecule has 0 bridgehead atoms. The molecule has 2 saturated heterocycles. The molecule has 0 spiro atoms. The summed E-state index contributed by atoms with van der Waals surface area (Å²) >= 11 is 1.58. The van der Waals surface area contributed by atoms with E-state index in [0.717, 1.165) is 60.8 Å². The van der Waals surface area contributed by atoms with E-state index in [1.807, 2.05) is 181 Å². The third kappa shape index (κ3) is 15.3. The largest absolute Gasteiger partial charge is 0.489 e. The molecule has 0 saturated carbocycles. The van der Waals surface area contributed by atoms with E-state index in [1.54, 1.807) is 11.8 Å². The summed E-state index contributed by atoms with van der Waals surface area (Å²) in [7, 11) is -1.00. The number of esters is 1. The Kier molecular flexibility index (Phi) is 20.3.